The third-order valence-corrected chi connectivity index (χ3v) is 4.37. The van der Waals surface area contributed by atoms with E-state index in [1.807, 2.05) is 25.1 Å². The molecule has 0 unspecified atom stereocenters. The number of hydrogen-bond donors (Lipinski definition) is 1. The molecule has 2 aromatic rings. The van der Waals surface area contributed by atoms with Crippen molar-refractivity contribution in [1.82, 2.24) is 0 Å². The third kappa shape index (κ3) is 6.58. The van der Waals surface area contributed by atoms with Gasteiger partial charge in [-0.3, -0.25) is 9.59 Å². The van der Waals surface area contributed by atoms with Crippen LogP contribution in [0.15, 0.2) is 53.4 Å². The number of amides is 1. The Hall–Kier alpha value is -2.34. The number of anilines is 1. The predicted molar refractivity (Wildman–Crippen MR) is 97.1 cm³/mol. The van der Waals surface area contributed by atoms with Crippen LogP contribution in [0.25, 0.3) is 0 Å². The van der Waals surface area contributed by atoms with Gasteiger partial charge in [-0.05, 0) is 55.8 Å². The van der Waals surface area contributed by atoms with E-state index < -0.39 is 12.1 Å². The van der Waals surface area contributed by atoms with E-state index in [9.17, 15) is 14.0 Å². The summed E-state index contributed by atoms with van der Waals surface area (Å²) in [5.41, 5.74) is 1.69. The molecule has 2 aromatic carbocycles. The molecule has 0 saturated carbocycles. The molecule has 1 amide bonds. The number of nitrogens with one attached hydrogen (secondary N) is 1. The van der Waals surface area contributed by atoms with Crippen molar-refractivity contribution in [1.29, 1.82) is 0 Å². The Bertz CT molecular complexity index is 734. The Labute approximate surface area is 150 Å². The van der Waals surface area contributed by atoms with Crippen LogP contribution in [-0.4, -0.2) is 23.7 Å². The smallest absolute Gasteiger partial charge is 0.307 e. The van der Waals surface area contributed by atoms with E-state index in [1.165, 1.54) is 30.8 Å². The molecule has 2 rings (SSSR count). The van der Waals surface area contributed by atoms with Gasteiger partial charge in [-0.2, -0.15) is 0 Å². The summed E-state index contributed by atoms with van der Waals surface area (Å²) >= 11 is 1.43. The fraction of sp³-hybridized carbons (Fsp3) is 0.263. The van der Waals surface area contributed by atoms with Crippen molar-refractivity contribution in [2.24, 2.45) is 0 Å². The molecule has 0 aliphatic rings. The summed E-state index contributed by atoms with van der Waals surface area (Å²) in [6.07, 6.45) is -0.701. The highest BCUT2D eigenvalue weighted by atomic mass is 32.2. The summed E-state index contributed by atoms with van der Waals surface area (Å²) in [6, 6.07) is 13.4. The lowest BCUT2D eigenvalue weighted by molar-refractivity contribution is -0.152. The molecule has 132 valence electrons. The van der Waals surface area contributed by atoms with Gasteiger partial charge in [0.15, 0.2) is 6.10 Å². The van der Waals surface area contributed by atoms with Crippen molar-refractivity contribution in [3.8, 4) is 0 Å². The van der Waals surface area contributed by atoms with E-state index in [1.54, 1.807) is 18.2 Å². The van der Waals surface area contributed by atoms with Crippen LogP contribution >= 0.6 is 11.8 Å². The van der Waals surface area contributed by atoms with Gasteiger partial charge in [0.1, 0.15) is 5.82 Å². The number of rotatable bonds is 7. The molecular weight excluding hydrogens is 341 g/mol. The van der Waals surface area contributed by atoms with Crippen molar-refractivity contribution in [3.63, 3.8) is 0 Å². The normalized spacial score (nSPS) is 11.6. The minimum atomic E-state index is -0.871. The van der Waals surface area contributed by atoms with Gasteiger partial charge in [-0.25, -0.2) is 4.39 Å². The zero-order chi connectivity index (χ0) is 18.2. The molecule has 0 saturated heterocycles. The number of carbonyl (C=O) groups excluding carboxylic acids is 2. The molecule has 0 aliphatic carbocycles. The number of halogens is 1. The first kappa shape index (κ1) is 19.0. The van der Waals surface area contributed by atoms with Crippen LogP contribution in [0.4, 0.5) is 10.1 Å². The van der Waals surface area contributed by atoms with Gasteiger partial charge < -0.3 is 10.1 Å². The van der Waals surface area contributed by atoms with Crippen LogP contribution in [0.3, 0.4) is 0 Å². The quantitative estimate of drug-likeness (QED) is 0.594. The lowest BCUT2D eigenvalue weighted by Crippen LogP contribution is -2.30. The molecule has 0 spiro atoms. The van der Waals surface area contributed by atoms with Gasteiger partial charge in [0, 0.05) is 16.3 Å². The van der Waals surface area contributed by atoms with Gasteiger partial charge in [0.05, 0.1) is 6.42 Å². The van der Waals surface area contributed by atoms with Crippen molar-refractivity contribution < 1.29 is 18.7 Å². The maximum Gasteiger partial charge on any atom is 0.307 e. The van der Waals surface area contributed by atoms with Gasteiger partial charge in [0.2, 0.25) is 0 Å². The topological polar surface area (TPSA) is 55.4 Å². The molecular formula is C19H20FNO3S. The minimum Gasteiger partial charge on any atom is -0.453 e. The lowest BCUT2D eigenvalue weighted by atomic mass is 10.2. The Balaban J connectivity index is 1.73. The van der Waals surface area contributed by atoms with Gasteiger partial charge in [0.25, 0.3) is 5.91 Å². The van der Waals surface area contributed by atoms with Crippen molar-refractivity contribution in [3.05, 3.63) is 59.9 Å². The van der Waals surface area contributed by atoms with E-state index in [-0.39, 0.29) is 18.1 Å². The number of aryl methyl sites for hydroxylation is 1. The summed E-state index contributed by atoms with van der Waals surface area (Å²) in [6.45, 7) is 3.47. The second kappa shape index (κ2) is 9.22. The van der Waals surface area contributed by atoms with Crippen LogP contribution in [0.2, 0.25) is 0 Å². The lowest BCUT2D eigenvalue weighted by Gasteiger charge is -2.13. The first-order valence-corrected chi connectivity index (χ1v) is 8.88. The maximum absolute atomic E-state index is 12.8. The number of esters is 1. The first-order chi connectivity index (χ1) is 11.9. The van der Waals surface area contributed by atoms with E-state index in [0.717, 1.165) is 10.5 Å². The van der Waals surface area contributed by atoms with E-state index in [4.69, 9.17) is 4.74 Å². The maximum atomic E-state index is 12.8. The number of carbonyl (C=O) groups is 2. The molecule has 4 nitrogen and oxygen atoms in total. The van der Waals surface area contributed by atoms with Crippen LogP contribution in [0.5, 0.6) is 0 Å². The highest BCUT2D eigenvalue weighted by Gasteiger charge is 2.17. The number of ether oxygens (including phenoxy) is 1. The molecule has 25 heavy (non-hydrogen) atoms. The van der Waals surface area contributed by atoms with Gasteiger partial charge in [-0.15, -0.1) is 11.8 Å². The molecule has 0 aromatic heterocycles. The average molecular weight is 361 g/mol. The van der Waals surface area contributed by atoms with Gasteiger partial charge >= 0.3 is 5.97 Å². The second-order valence-electron chi connectivity index (χ2n) is 5.54. The molecule has 1 atom stereocenters. The monoisotopic (exact) mass is 361 g/mol. The fourth-order valence-electron chi connectivity index (χ4n) is 2.06. The summed E-state index contributed by atoms with van der Waals surface area (Å²) in [5.74, 6) is -0.611. The fourth-order valence-corrected chi connectivity index (χ4v) is 2.89. The standard InChI is InChI=1S/C19H20FNO3S/c1-13-4-3-5-16(12-13)21-19(23)14(2)24-18(22)10-11-25-17-8-6-15(20)7-9-17/h3-9,12,14H,10-11H2,1-2H3,(H,21,23)/t14-/m0/s1. The zero-order valence-corrected chi connectivity index (χ0v) is 14.9. The summed E-state index contributed by atoms with van der Waals surface area (Å²) < 4.78 is 18.0. The molecule has 0 heterocycles. The largest absolute Gasteiger partial charge is 0.453 e. The SMILES string of the molecule is Cc1cccc(NC(=O)[C@H](C)OC(=O)CCSc2ccc(F)cc2)c1. The Kier molecular flexibility index (Phi) is 7.01. The molecule has 0 fully saturated rings. The first-order valence-electron chi connectivity index (χ1n) is 7.89. The van der Waals surface area contributed by atoms with Crippen LogP contribution < -0.4 is 5.32 Å². The highest BCUT2D eigenvalue weighted by molar-refractivity contribution is 7.99. The Morgan fingerprint density at radius 3 is 2.60 bits per heavy atom. The predicted octanol–water partition coefficient (Wildman–Crippen LogP) is 4.19. The zero-order valence-electron chi connectivity index (χ0n) is 14.1. The summed E-state index contributed by atoms with van der Waals surface area (Å²) in [5, 5.41) is 2.72. The molecule has 0 aliphatic heterocycles. The minimum absolute atomic E-state index is 0.171. The van der Waals surface area contributed by atoms with Crippen molar-refractivity contribution in [2.75, 3.05) is 11.1 Å². The Morgan fingerprint density at radius 2 is 1.92 bits per heavy atom. The van der Waals surface area contributed by atoms with Crippen LogP contribution in [-0.2, 0) is 14.3 Å². The van der Waals surface area contributed by atoms with Crippen LogP contribution in [0.1, 0.15) is 18.9 Å². The summed E-state index contributed by atoms with van der Waals surface area (Å²) in [4.78, 5) is 24.8. The third-order valence-electron chi connectivity index (χ3n) is 3.35. The molecule has 0 radical (unpaired) electrons. The summed E-state index contributed by atoms with van der Waals surface area (Å²) in [7, 11) is 0. The Morgan fingerprint density at radius 1 is 1.20 bits per heavy atom. The average Bonchev–Trinajstić information content (AvgIpc) is 2.56. The molecule has 1 N–H and O–H groups in total. The number of benzene rings is 2. The van der Waals surface area contributed by atoms with Crippen molar-refractivity contribution in [2.45, 2.75) is 31.3 Å². The van der Waals surface area contributed by atoms with E-state index >= 15 is 0 Å². The number of hydrogen-bond acceptors (Lipinski definition) is 4. The van der Waals surface area contributed by atoms with E-state index in [0.29, 0.717) is 11.4 Å². The van der Waals surface area contributed by atoms with Gasteiger partial charge in [-0.1, -0.05) is 12.1 Å². The van der Waals surface area contributed by atoms with Crippen molar-refractivity contribution >= 4 is 29.3 Å². The second-order valence-corrected chi connectivity index (χ2v) is 6.71. The molecule has 0 bridgehead atoms. The van der Waals surface area contributed by atoms with Crippen LogP contribution in [0, 0.1) is 12.7 Å². The highest BCUT2D eigenvalue weighted by Crippen LogP contribution is 2.19. The van der Waals surface area contributed by atoms with E-state index in [2.05, 4.69) is 5.32 Å². The molecule has 6 heteroatoms. The number of thioether (sulfide) groups is 1.